The van der Waals surface area contributed by atoms with Gasteiger partial charge in [0.1, 0.15) is 0 Å². The highest BCUT2D eigenvalue weighted by Crippen LogP contribution is 2.05. The van der Waals surface area contributed by atoms with E-state index in [2.05, 4.69) is 15.5 Å². The van der Waals surface area contributed by atoms with E-state index < -0.39 is 11.9 Å². The van der Waals surface area contributed by atoms with Crippen molar-refractivity contribution in [2.24, 2.45) is 0 Å². The van der Waals surface area contributed by atoms with Crippen LogP contribution in [0.1, 0.15) is 5.69 Å². The van der Waals surface area contributed by atoms with Crippen LogP contribution in [0.2, 0.25) is 0 Å². The highest BCUT2D eigenvalue weighted by molar-refractivity contribution is 5.89. The molecule has 18 heavy (non-hydrogen) atoms. The number of aryl methyl sites for hydroxylation is 1. The lowest BCUT2D eigenvalue weighted by atomic mass is 10.4. The standard InChI is InChI=1S/C8H8N2.C4H4O4/c1-7-8-3-2-5-10(8)6-4-9-7;5-3(6)1-2-4(7)8/h2-6H,1H3;1-2H,(H,5,6)(H,7,8)/b;2-1+. The third-order valence-electron chi connectivity index (χ3n) is 2.01. The first-order valence-corrected chi connectivity index (χ1v) is 5.03. The van der Waals surface area contributed by atoms with Gasteiger partial charge in [0, 0.05) is 30.7 Å². The molecule has 0 saturated carbocycles. The van der Waals surface area contributed by atoms with Crippen molar-refractivity contribution in [2.75, 3.05) is 0 Å². The van der Waals surface area contributed by atoms with E-state index in [0.717, 1.165) is 5.69 Å². The van der Waals surface area contributed by atoms with Gasteiger partial charge in [-0.25, -0.2) is 9.59 Å². The van der Waals surface area contributed by atoms with E-state index in [1.807, 2.05) is 31.6 Å². The molecule has 2 heterocycles. The van der Waals surface area contributed by atoms with Gasteiger partial charge in [-0.3, -0.25) is 4.98 Å². The zero-order chi connectivity index (χ0) is 13.5. The molecule has 0 bridgehead atoms. The number of nitrogens with zero attached hydrogens (tertiary/aromatic N) is 2. The SMILES string of the molecule is Cc1nccn2cccc12.O=C(O)/C=C/C(=O)O. The first-order chi connectivity index (χ1) is 8.50. The Kier molecular flexibility index (Phi) is 4.62. The molecule has 0 spiro atoms. The number of aromatic nitrogens is 2. The molecule has 0 fully saturated rings. The van der Waals surface area contributed by atoms with Crippen molar-refractivity contribution in [3.8, 4) is 0 Å². The molecule has 0 amide bonds. The fourth-order valence-corrected chi connectivity index (χ4v) is 1.26. The molecule has 0 radical (unpaired) electrons. The number of carbonyl (C=O) groups is 2. The molecular weight excluding hydrogens is 236 g/mol. The second-order valence-corrected chi connectivity index (χ2v) is 3.32. The average Bonchev–Trinajstić information content (AvgIpc) is 2.77. The lowest BCUT2D eigenvalue weighted by Gasteiger charge is -1.94. The van der Waals surface area contributed by atoms with Crippen LogP contribution in [-0.2, 0) is 9.59 Å². The molecule has 0 aliphatic rings. The molecule has 2 N–H and O–H groups in total. The molecule has 94 valence electrons. The summed E-state index contributed by atoms with van der Waals surface area (Å²) in [4.78, 5) is 23.3. The number of hydrogen-bond acceptors (Lipinski definition) is 3. The van der Waals surface area contributed by atoms with Crippen LogP contribution in [0.5, 0.6) is 0 Å². The predicted molar refractivity (Wildman–Crippen MR) is 64.3 cm³/mol. The molecular formula is C12H12N2O4. The monoisotopic (exact) mass is 248 g/mol. The molecule has 2 aromatic rings. The molecule has 6 nitrogen and oxygen atoms in total. The third-order valence-corrected chi connectivity index (χ3v) is 2.01. The van der Waals surface area contributed by atoms with E-state index in [0.29, 0.717) is 12.2 Å². The topological polar surface area (TPSA) is 91.9 Å². The van der Waals surface area contributed by atoms with Crippen molar-refractivity contribution in [1.82, 2.24) is 9.38 Å². The Morgan fingerprint density at radius 2 is 1.83 bits per heavy atom. The fourth-order valence-electron chi connectivity index (χ4n) is 1.26. The van der Waals surface area contributed by atoms with Crippen LogP contribution in [0.25, 0.3) is 5.52 Å². The second-order valence-electron chi connectivity index (χ2n) is 3.32. The van der Waals surface area contributed by atoms with E-state index in [1.165, 1.54) is 5.52 Å². The Bertz CT molecular complexity index is 571. The van der Waals surface area contributed by atoms with E-state index in [4.69, 9.17) is 10.2 Å². The van der Waals surface area contributed by atoms with Crippen LogP contribution in [0, 0.1) is 6.92 Å². The summed E-state index contributed by atoms with van der Waals surface area (Å²) < 4.78 is 2.06. The van der Waals surface area contributed by atoms with Gasteiger partial charge in [0.2, 0.25) is 0 Å². The van der Waals surface area contributed by atoms with Gasteiger partial charge in [-0.05, 0) is 19.1 Å². The zero-order valence-electron chi connectivity index (χ0n) is 9.65. The maximum atomic E-state index is 9.55. The first kappa shape index (κ1) is 13.4. The van der Waals surface area contributed by atoms with Crippen LogP contribution in [0.4, 0.5) is 0 Å². The zero-order valence-corrected chi connectivity index (χ0v) is 9.65. The predicted octanol–water partition coefficient (Wildman–Crippen LogP) is 1.35. The molecule has 2 aromatic heterocycles. The Morgan fingerprint density at radius 3 is 2.33 bits per heavy atom. The maximum Gasteiger partial charge on any atom is 0.328 e. The van der Waals surface area contributed by atoms with Gasteiger partial charge < -0.3 is 14.6 Å². The molecule has 6 heteroatoms. The Morgan fingerprint density at radius 1 is 1.22 bits per heavy atom. The van der Waals surface area contributed by atoms with Gasteiger partial charge in [0.05, 0.1) is 11.2 Å². The number of hydrogen-bond donors (Lipinski definition) is 2. The lowest BCUT2D eigenvalue weighted by molar-refractivity contribution is -0.134. The van der Waals surface area contributed by atoms with Crippen molar-refractivity contribution in [2.45, 2.75) is 6.92 Å². The number of aliphatic carboxylic acids is 2. The first-order valence-electron chi connectivity index (χ1n) is 5.03. The van der Waals surface area contributed by atoms with Crippen molar-refractivity contribution >= 4 is 17.5 Å². The third kappa shape index (κ3) is 4.09. The Balaban J connectivity index is 0.000000187. The highest BCUT2D eigenvalue weighted by atomic mass is 16.4. The molecule has 0 unspecified atom stereocenters. The highest BCUT2D eigenvalue weighted by Gasteiger charge is 1.93. The summed E-state index contributed by atoms with van der Waals surface area (Å²) in [5.74, 6) is -2.51. The molecule has 0 aromatic carbocycles. The Hall–Kier alpha value is -2.63. The summed E-state index contributed by atoms with van der Waals surface area (Å²) in [5, 5.41) is 15.6. The fraction of sp³-hybridized carbons (Fsp3) is 0.0833. The van der Waals surface area contributed by atoms with E-state index >= 15 is 0 Å². The van der Waals surface area contributed by atoms with Crippen molar-refractivity contribution in [3.63, 3.8) is 0 Å². The summed E-state index contributed by atoms with van der Waals surface area (Å²) in [6.07, 6.45) is 6.89. The summed E-state index contributed by atoms with van der Waals surface area (Å²) in [5.41, 5.74) is 2.26. The number of carboxylic acids is 2. The number of fused-ring (bicyclic) bond motifs is 1. The average molecular weight is 248 g/mol. The summed E-state index contributed by atoms with van der Waals surface area (Å²) in [6.45, 7) is 2.01. The van der Waals surface area contributed by atoms with Gasteiger partial charge >= 0.3 is 11.9 Å². The molecule has 0 saturated heterocycles. The van der Waals surface area contributed by atoms with Crippen molar-refractivity contribution in [1.29, 1.82) is 0 Å². The van der Waals surface area contributed by atoms with Crippen LogP contribution in [-0.4, -0.2) is 31.5 Å². The minimum atomic E-state index is -1.26. The van der Waals surface area contributed by atoms with Crippen molar-refractivity contribution < 1.29 is 19.8 Å². The van der Waals surface area contributed by atoms with Gasteiger partial charge in [-0.1, -0.05) is 0 Å². The van der Waals surface area contributed by atoms with E-state index in [1.54, 1.807) is 0 Å². The quantitative estimate of drug-likeness (QED) is 0.783. The van der Waals surface area contributed by atoms with Crippen molar-refractivity contribution in [3.05, 3.63) is 48.6 Å². The van der Waals surface area contributed by atoms with Gasteiger partial charge in [-0.15, -0.1) is 0 Å². The summed E-state index contributed by atoms with van der Waals surface area (Å²) in [7, 11) is 0. The number of carboxylic acid groups (broad SMARTS) is 2. The lowest BCUT2D eigenvalue weighted by Crippen LogP contribution is -1.91. The van der Waals surface area contributed by atoms with Crippen LogP contribution < -0.4 is 0 Å². The van der Waals surface area contributed by atoms with Crippen LogP contribution >= 0.6 is 0 Å². The van der Waals surface area contributed by atoms with Crippen LogP contribution in [0.15, 0.2) is 42.9 Å². The Labute approximate surface area is 103 Å². The van der Waals surface area contributed by atoms with Gasteiger partial charge in [0.15, 0.2) is 0 Å². The largest absolute Gasteiger partial charge is 0.478 e. The van der Waals surface area contributed by atoms with E-state index in [-0.39, 0.29) is 0 Å². The smallest absolute Gasteiger partial charge is 0.328 e. The second kappa shape index (κ2) is 6.19. The molecule has 0 aliphatic carbocycles. The van der Waals surface area contributed by atoms with Gasteiger partial charge in [0.25, 0.3) is 0 Å². The van der Waals surface area contributed by atoms with Gasteiger partial charge in [-0.2, -0.15) is 0 Å². The minimum Gasteiger partial charge on any atom is -0.478 e. The summed E-state index contributed by atoms with van der Waals surface area (Å²) in [6, 6.07) is 4.08. The maximum absolute atomic E-state index is 9.55. The minimum absolute atomic E-state index is 0.558. The molecule has 0 atom stereocenters. The normalized spacial score (nSPS) is 10.1. The summed E-state index contributed by atoms with van der Waals surface area (Å²) >= 11 is 0. The molecule has 0 aliphatic heterocycles. The number of rotatable bonds is 2. The van der Waals surface area contributed by atoms with E-state index in [9.17, 15) is 9.59 Å². The van der Waals surface area contributed by atoms with Crippen LogP contribution in [0.3, 0.4) is 0 Å². The molecule has 2 rings (SSSR count).